The fraction of sp³-hybridized carbons (Fsp3) is 0.261. The average Bonchev–Trinajstić information content (AvgIpc) is 3.15. The number of rotatable bonds is 4. The number of benzene rings is 2. The molecule has 0 amide bonds. The Labute approximate surface area is 152 Å². The molecule has 3 aromatic heterocycles. The Kier molecular flexibility index (Phi) is 3.49. The van der Waals surface area contributed by atoms with Crippen LogP contribution < -0.4 is 0 Å². The molecular formula is C23H23N3. The highest BCUT2D eigenvalue weighted by atomic mass is 15.0. The molecule has 0 N–H and O–H groups in total. The molecule has 0 aliphatic carbocycles. The molecule has 3 heteroatoms. The van der Waals surface area contributed by atoms with E-state index in [0.717, 1.165) is 37.0 Å². The van der Waals surface area contributed by atoms with Gasteiger partial charge in [0.15, 0.2) is 0 Å². The minimum absolute atomic E-state index is 1.02. The van der Waals surface area contributed by atoms with Gasteiger partial charge in [0.25, 0.3) is 0 Å². The van der Waals surface area contributed by atoms with Gasteiger partial charge < -0.3 is 9.13 Å². The van der Waals surface area contributed by atoms with E-state index >= 15 is 0 Å². The van der Waals surface area contributed by atoms with Gasteiger partial charge in [-0.05, 0) is 31.0 Å². The summed E-state index contributed by atoms with van der Waals surface area (Å²) in [6.45, 7) is 6.51. The lowest BCUT2D eigenvalue weighted by Crippen LogP contribution is -1.98. The molecule has 0 bridgehead atoms. The molecule has 0 spiro atoms. The van der Waals surface area contributed by atoms with Crippen LogP contribution in [0, 0.1) is 0 Å². The molecule has 3 heterocycles. The number of para-hydroxylation sites is 2. The minimum Gasteiger partial charge on any atom is -0.339 e. The zero-order chi connectivity index (χ0) is 17.7. The Bertz CT molecular complexity index is 1160. The van der Waals surface area contributed by atoms with Crippen LogP contribution in [0.15, 0.2) is 54.6 Å². The molecule has 0 fully saturated rings. The van der Waals surface area contributed by atoms with E-state index in [-0.39, 0.29) is 0 Å². The van der Waals surface area contributed by atoms with Crippen molar-refractivity contribution in [3.05, 3.63) is 54.6 Å². The van der Waals surface area contributed by atoms with Crippen molar-refractivity contribution in [2.24, 2.45) is 0 Å². The maximum absolute atomic E-state index is 5.20. The molecule has 0 aliphatic rings. The Morgan fingerprint density at radius 1 is 0.654 bits per heavy atom. The summed E-state index contributed by atoms with van der Waals surface area (Å²) in [5.74, 6) is 0. The fourth-order valence-corrected chi connectivity index (χ4v) is 4.31. The maximum Gasteiger partial charge on any atom is 0.0969 e. The number of aromatic nitrogens is 3. The molecule has 0 saturated carbocycles. The second-order valence-electron chi connectivity index (χ2n) is 7.06. The number of aryl methyl sites for hydroxylation is 2. The number of hydrogen-bond acceptors (Lipinski definition) is 1. The summed E-state index contributed by atoms with van der Waals surface area (Å²) in [5.41, 5.74) is 7.33. The third-order valence-corrected chi connectivity index (χ3v) is 5.36. The highest BCUT2D eigenvalue weighted by Gasteiger charge is 2.17. The number of fused-ring (bicyclic) bond motifs is 6. The topological polar surface area (TPSA) is 22.8 Å². The van der Waals surface area contributed by atoms with Crippen LogP contribution in [0.4, 0.5) is 0 Å². The standard InChI is InChI=1S/C23H23N3/c1-3-13-25-18-11-7-5-9-16(18)22-20(25)15-21-23(24-22)17-10-6-8-12-19(17)26(21)14-4-2/h5-12,15H,3-4,13-14H2,1-2H3. The second kappa shape index (κ2) is 5.87. The summed E-state index contributed by atoms with van der Waals surface area (Å²) in [5, 5.41) is 2.51. The zero-order valence-corrected chi connectivity index (χ0v) is 15.4. The molecule has 5 rings (SSSR count). The van der Waals surface area contributed by atoms with E-state index in [1.165, 1.54) is 32.8 Å². The van der Waals surface area contributed by atoms with Crippen molar-refractivity contribution in [1.29, 1.82) is 0 Å². The largest absolute Gasteiger partial charge is 0.339 e. The predicted octanol–water partition coefficient (Wildman–Crippen LogP) is 6.12. The Hall–Kier alpha value is -2.81. The third kappa shape index (κ3) is 2.03. The average molecular weight is 341 g/mol. The van der Waals surface area contributed by atoms with Crippen LogP contribution >= 0.6 is 0 Å². The first-order chi connectivity index (χ1) is 12.8. The van der Waals surface area contributed by atoms with E-state index in [4.69, 9.17) is 4.98 Å². The molecular weight excluding hydrogens is 318 g/mol. The molecule has 0 saturated heterocycles. The smallest absolute Gasteiger partial charge is 0.0969 e. The first kappa shape index (κ1) is 15.4. The van der Waals surface area contributed by atoms with E-state index in [1.54, 1.807) is 0 Å². The third-order valence-electron chi connectivity index (χ3n) is 5.36. The van der Waals surface area contributed by atoms with Gasteiger partial charge in [-0.15, -0.1) is 0 Å². The van der Waals surface area contributed by atoms with Crippen molar-refractivity contribution in [3.8, 4) is 0 Å². The van der Waals surface area contributed by atoms with Crippen molar-refractivity contribution in [2.75, 3.05) is 0 Å². The maximum atomic E-state index is 5.20. The zero-order valence-electron chi connectivity index (χ0n) is 15.4. The SMILES string of the molecule is CCCn1c2ccccc2c2nc3c4ccccc4n(CCC)c3cc21. The van der Waals surface area contributed by atoms with Crippen molar-refractivity contribution in [3.63, 3.8) is 0 Å². The van der Waals surface area contributed by atoms with Crippen LogP contribution in [0.25, 0.3) is 43.9 Å². The van der Waals surface area contributed by atoms with Crippen LogP contribution in [0.3, 0.4) is 0 Å². The molecule has 0 aliphatic heterocycles. The highest BCUT2D eigenvalue weighted by molar-refractivity contribution is 6.14. The Morgan fingerprint density at radius 2 is 1.12 bits per heavy atom. The lowest BCUT2D eigenvalue weighted by Gasteiger charge is -2.07. The van der Waals surface area contributed by atoms with Crippen molar-refractivity contribution in [1.82, 2.24) is 14.1 Å². The molecule has 5 aromatic rings. The molecule has 0 atom stereocenters. The Morgan fingerprint density at radius 3 is 1.58 bits per heavy atom. The number of pyridine rings is 1. The summed E-state index contributed by atoms with van der Waals surface area (Å²) in [6, 6.07) is 19.7. The van der Waals surface area contributed by atoms with E-state index in [1.807, 2.05) is 0 Å². The van der Waals surface area contributed by atoms with Gasteiger partial charge in [-0.2, -0.15) is 0 Å². The quantitative estimate of drug-likeness (QED) is 0.386. The van der Waals surface area contributed by atoms with Gasteiger partial charge in [-0.3, -0.25) is 0 Å². The first-order valence-corrected chi connectivity index (χ1v) is 9.62. The van der Waals surface area contributed by atoms with E-state index < -0.39 is 0 Å². The van der Waals surface area contributed by atoms with Crippen LogP contribution in [0.1, 0.15) is 26.7 Å². The monoisotopic (exact) mass is 341 g/mol. The van der Waals surface area contributed by atoms with Gasteiger partial charge in [0.1, 0.15) is 0 Å². The summed E-state index contributed by atoms with van der Waals surface area (Å²) in [7, 11) is 0. The predicted molar refractivity (Wildman–Crippen MR) is 111 cm³/mol. The minimum atomic E-state index is 1.02. The molecule has 130 valence electrons. The van der Waals surface area contributed by atoms with Gasteiger partial charge >= 0.3 is 0 Å². The van der Waals surface area contributed by atoms with Gasteiger partial charge in [-0.25, -0.2) is 4.98 Å². The Balaban J connectivity index is 1.99. The summed E-state index contributed by atoms with van der Waals surface area (Å²) in [4.78, 5) is 5.20. The molecule has 26 heavy (non-hydrogen) atoms. The lowest BCUT2D eigenvalue weighted by atomic mass is 10.2. The van der Waals surface area contributed by atoms with Gasteiger partial charge in [0.05, 0.1) is 33.1 Å². The summed E-state index contributed by atoms with van der Waals surface area (Å²) in [6.07, 6.45) is 2.23. The molecule has 0 unspecified atom stereocenters. The van der Waals surface area contributed by atoms with Crippen molar-refractivity contribution >= 4 is 43.9 Å². The number of nitrogens with zero attached hydrogens (tertiary/aromatic N) is 3. The summed E-state index contributed by atoms with van der Waals surface area (Å²) >= 11 is 0. The van der Waals surface area contributed by atoms with Crippen molar-refractivity contribution in [2.45, 2.75) is 39.8 Å². The lowest BCUT2D eigenvalue weighted by molar-refractivity contribution is 0.718. The van der Waals surface area contributed by atoms with Crippen LogP contribution in [0.2, 0.25) is 0 Å². The first-order valence-electron chi connectivity index (χ1n) is 9.62. The van der Waals surface area contributed by atoms with E-state index in [2.05, 4.69) is 77.6 Å². The normalized spacial score (nSPS) is 12.1. The highest BCUT2D eigenvalue weighted by Crippen LogP contribution is 2.34. The van der Waals surface area contributed by atoms with Gasteiger partial charge in [-0.1, -0.05) is 50.2 Å². The molecule has 3 nitrogen and oxygen atoms in total. The van der Waals surface area contributed by atoms with Crippen LogP contribution in [-0.2, 0) is 13.1 Å². The molecule has 0 radical (unpaired) electrons. The van der Waals surface area contributed by atoms with Crippen molar-refractivity contribution < 1.29 is 0 Å². The fourth-order valence-electron chi connectivity index (χ4n) is 4.31. The van der Waals surface area contributed by atoms with E-state index in [0.29, 0.717) is 0 Å². The van der Waals surface area contributed by atoms with Crippen LogP contribution in [0.5, 0.6) is 0 Å². The van der Waals surface area contributed by atoms with Gasteiger partial charge in [0, 0.05) is 23.9 Å². The van der Waals surface area contributed by atoms with Crippen LogP contribution in [-0.4, -0.2) is 14.1 Å². The van der Waals surface area contributed by atoms with E-state index in [9.17, 15) is 0 Å². The van der Waals surface area contributed by atoms with Gasteiger partial charge in [0.2, 0.25) is 0 Å². The number of hydrogen-bond donors (Lipinski definition) is 0. The summed E-state index contributed by atoms with van der Waals surface area (Å²) < 4.78 is 4.87. The second-order valence-corrected chi connectivity index (χ2v) is 7.06. The molecule has 2 aromatic carbocycles.